The fraction of sp³-hybridized carbons (Fsp3) is 0.562. The Kier molecular flexibility index (Phi) is 5.65. The first-order valence-corrected chi connectivity index (χ1v) is 8.24. The summed E-state index contributed by atoms with van der Waals surface area (Å²) in [4.78, 5) is 14.3. The number of likely N-dealkylation sites (tertiary alicyclic amines) is 1. The van der Waals surface area contributed by atoms with Gasteiger partial charge < -0.3 is 15.4 Å². The van der Waals surface area contributed by atoms with E-state index in [-0.39, 0.29) is 11.9 Å². The Balaban J connectivity index is 1.90. The number of carbonyl (C=O) groups is 1. The number of nitrogens with zero attached hydrogens (tertiary/aromatic N) is 1. The van der Waals surface area contributed by atoms with E-state index in [0.717, 1.165) is 30.4 Å². The average Bonchev–Trinajstić information content (AvgIpc) is 2.49. The largest absolute Gasteiger partial charge is 0.480 e. The van der Waals surface area contributed by atoms with E-state index >= 15 is 0 Å². The van der Waals surface area contributed by atoms with Crippen LogP contribution in [0.25, 0.3) is 0 Å². The second-order valence-electron chi connectivity index (χ2n) is 5.71. The number of rotatable bonds is 4. The van der Waals surface area contributed by atoms with Gasteiger partial charge in [-0.3, -0.25) is 4.79 Å². The molecule has 0 aromatic heterocycles. The second kappa shape index (κ2) is 7.27. The first-order chi connectivity index (χ1) is 9.99. The molecule has 4 nitrogen and oxygen atoms in total. The maximum absolute atomic E-state index is 12.4. The molecule has 2 atom stereocenters. The monoisotopic (exact) mass is 354 g/mol. The fourth-order valence-electron chi connectivity index (χ4n) is 2.68. The number of para-hydroxylation sites is 1. The van der Waals surface area contributed by atoms with Crippen LogP contribution >= 0.6 is 15.9 Å². The van der Waals surface area contributed by atoms with Crippen LogP contribution < -0.4 is 10.5 Å². The molecule has 1 heterocycles. The van der Waals surface area contributed by atoms with Crippen molar-refractivity contribution in [2.75, 3.05) is 13.1 Å². The normalized spacial score (nSPS) is 19.1. The van der Waals surface area contributed by atoms with Crippen molar-refractivity contribution >= 4 is 21.8 Å². The summed E-state index contributed by atoms with van der Waals surface area (Å²) in [6.45, 7) is 5.39. The summed E-state index contributed by atoms with van der Waals surface area (Å²) in [5.74, 6) is 1.27. The van der Waals surface area contributed by atoms with Crippen LogP contribution in [-0.2, 0) is 4.79 Å². The predicted octanol–water partition coefficient (Wildman–Crippen LogP) is 2.80. The van der Waals surface area contributed by atoms with Crippen LogP contribution in [-0.4, -0.2) is 36.0 Å². The smallest absolute Gasteiger partial charge is 0.263 e. The molecule has 0 spiro atoms. The van der Waals surface area contributed by atoms with Crippen LogP contribution in [0, 0.1) is 5.92 Å². The third kappa shape index (κ3) is 4.20. The molecule has 1 aliphatic rings. The van der Waals surface area contributed by atoms with E-state index in [1.807, 2.05) is 36.1 Å². The van der Waals surface area contributed by atoms with E-state index in [4.69, 9.17) is 10.5 Å². The Morgan fingerprint density at radius 2 is 1.95 bits per heavy atom. The minimum atomic E-state index is -0.476. The number of nitrogens with two attached hydrogens (primary N) is 1. The Labute approximate surface area is 134 Å². The van der Waals surface area contributed by atoms with E-state index in [2.05, 4.69) is 15.9 Å². The number of piperidine rings is 1. The highest BCUT2D eigenvalue weighted by atomic mass is 79.9. The molecule has 1 fully saturated rings. The maximum Gasteiger partial charge on any atom is 0.263 e. The first kappa shape index (κ1) is 16.3. The molecule has 1 aromatic rings. The van der Waals surface area contributed by atoms with Gasteiger partial charge in [0.2, 0.25) is 0 Å². The Hall–Kier alpha value is -1.07. The molecule has 21 heavy (non-hydrogen) atoms. The second-order valence-corrected chi connectivity index (χ2v) is 6.57. The number of amides is 1. The van der Waals surface area contributed by atoms with E-state index in [1.54, 1.807) is 6.92 Å². The van der Waals surface area contributed by atoms with Gasteiger partial charge in [0.25, 0.3) is 5.91 Å². The highest BCUT2D eigenvalue weighted by Crippen LogP contribution is 2.26. The van der Waals surface area contributed by atoms with Crippen molar-refractivity contribution in [3.8, 4) is 5.75 Å². The molecule has 1 saturated heterocycles. The van der Waals surface area contributed by atoms with Crippen molar-refractivity contribution in [1.29, 1.82) is 0 Å². The summed E-state index contributed by atoms with van der Waals surface area (Å²) < 4.78 is 6.63. The zero-order chi connectivity index (χ0) is 15.4. The molecule has 0 saturated carbocycles. The lowest BCUT2D eigenvalue weighted by Crippen LogP contribution is -2.46. The topological polar surface area (TPSA) is 55.6 Å². The van der Waals surface area contributed by atoms with Gasteiger partial charge in [0.15, 0.2) is 6.10 Å². The number of benzene rings is 1. The molecule has 2 unspecified atom stereocenters. The zero-order valence-electron chi connectivity index (χ0n) is 12.6. The van der Waals surface area contributed by atoms with Gasteiger partial charge in [-0.15, -0.1) is 0 Å². The van der Waals surface area contributed by atoms with Crippen molar-refractivity contribution in [3.05, 3.63) is 28.7 Å². The van der Waals surface area contributed by atoms with Gasteiger partial charge in [-0.1, -0.05) is 12.1 Å². The van der Waals surface area contributed by atoms with Gasteiger partial charge >= 0.3 is 0 Å². The summed E-state index contributed by atoms with van der Waals surface area (Å²) in [6, 6.07) is 7.78. The molecule has 116 valence electrons. The number of carbonyl (C=O) groups excluding carboxylic acids is 1. The van der Waals surface area contributed by atoms with Gasteiger partial charge in [-0.05, 0) is 60.7 Å². The summed E-state index contributed by atoms with van der Waals surface area (Å²) >= 11 is 3.43. The predicted molar refractivity (Wildman–Crippen MR) is 87.2 cm³/mol. The maximum atomic E-state index is 12.4. The molecule has 0 radical (unpaired) electrons. The molecule has 5 heteroatoms. The SMILES string of the molecule is CC(Oc1ccccc1Br)C(=O)N1CCC(C(C)N)CC1. The van der Waals surface area contributed by atoms with Crippen LogP contribution in [0.4, 0.5) is 0 Å². The van der Waals surface area contributed by atoms with Gasteiger partial charge in [0.1, 0.15) is 5.75 Å². The average molecular weight is 355 g/mol. The van der Waals surface area contributed by atoms with Crippen molar-refractivity contribution in [1.82, 2.24) is 4.90 Å². The van der Waals surface area contributed by atoms with Crippen LogP contribution in [0.15, 0.2) is 28.7 Å². The van der Waals surface area contributed by atoms with Crippen molar-refractivity contribution in [3.63, 3.8) is 0 Å². The molecule has 2 rings (SSSR count). The minimum absolute atomic E-state index is 0.0499. The molecule has 2 N–H and O–H groups in total. The van der Waals surface area contributed by atoms with Crippen LogP contribution in [0.5, 0.6) is 5.75 Å². The van der Waals surface area contributed by atoms with Crippen LogP contribution in [0.3, 0.4) is 0 Å². The van der Waals surface area contributed by atoms with Gasteiger partial charge in [0, 0.05) is 19.1 Å². The van der Waals surface area contributed by atoms with Gasteiger partial charge in [-0.2, -0.15) is 0 Å². The standard InChI is InChI=1S/C16H23BrN2O2/c1-11(18)13-7-9-19(10-8-13)16(20)12(2)21-15-6-4-3-5-14(15)17/h3-6,11-13H,7-10,18H2,1-2H3. The van der Waals surface area contributed by atoms with Crippen molar-refractivity contribution in [2.45, 2.75) is 38.8 Å². The number of halogens is 1. The van der Waals surface area contributed by atoms with Crippen molar-refractivity contribution in [2.24, 2.45) is 11.7 Å². The Bertz CT molecular complexity index is 485. The number of hydrogen-bond donors (Lipinski definition) is 1. The molecule has 0 aliphatic carbocycles. The quantitative estimate of drug-likeness (QED) is 0.904. The van der Waals surface area contributed by atoms with Gasteiger partial charge in [0.05, 0.1) is 4.47 Å². The lowest BCUT2D eigenvalue weighted by Gasteiger charge is -2.35. The lowest BCUT2D eigenvalue weighted by molar-refractivity contribution is -0.139. The summed E-state index contributed by atoms with van der Waals surface area (Å²) in [5.41, 5.74) is 5.93. The molecule has 1 aliphatic heterocycles. The third-order valence-electron chi connectivity index (χ3n) is 4.08. The zero-order valence-corrected chi connectivity index (χ0v) is 14.2. The molecule has 0 bridgehead atoms. The first-order valence-electron chi connectivity index (χ1n) is 7.44. The fourth-order valence-corrected chi connectivity index (χ4v) is 3.06. The molecule has 1 aromatic carbocycles. The van der Waals surface area contributed by atoms with E-state index < -0.39 is 6.10 Å². The summed E-state index contributed by atoms with van der Waals surface area (Å²) in [6.07, 6.45) is 1.48. The minimum Gasteiger partial charge on any atom is -0.480 e. The number of hydrogen-bond acceptors (Lipinski definition) is 3. The molecular formula is C16H23BrN2O2. The van der Waals surface area contributed by atoms with Crippen molar-refractivity contribution < 1.29 is 9.53 Å². The number of ether oxygens (including phenoxy) is 1. The van der Waals surface area contributed by atoms with E-state index in [1.165, 1.54) is 0 Å². The van der Waals surface area contributed by atoms with E-state index in [9.17, 15) is 4.79 Å². The van der Waals surface area contributed by atoms with Crippen LogP contribution in [0.1, 0.15) is 26.7 Å². The van der Waals surface area contributed by atoms with E-state index in [0.29, 0.717) is 11.7 Å². The summed E-state index contributed by atoms with van der Waals surface area (Å²) in [5, 5.41) is 0. The highest BCUT2D eigenvalue weighted by molar-refractivity contribution is 9.10. The molecular weight excluding hydrogens is 332 g/mol. The third-order valence-corrected chi connectivity index (χ3v) is 4.74. The molecule has 1 amide bonds. The van der Waals surface area contributed by atoms with Gasteiger partial charge in [-0.25, -0.2) is 0 Å². The lowest BCUT2D eigenvalue weighted by atomic mass is 9.91. The van der Waals surface area contributed by atoms with Crippen LogP contribution in [0.2, 0.25) is 0 Å². The summed E-state index contributed by atoms with van der Waals surface area (Å²) in [7, 11) is 0. The Morgan fingerprint density at radius 1 is 1.33 bits per heavy atom. The Morgan fingerprint density at radius 3 is 2.52 bits per heavy atom. The highest BCUT2D eigenvalue weighted by Gasteiger charge is 2.28.